The van der Waals surface area contributed by atoms with Gasteiger partial charge in [-0.25, -0.2) is 5.84 Å². The highest BCUT2D eigenvalue weighted by Crippen LogP contribution is 2.22. The second-order valence-corrected chi connectivity index (χ2v) is 3.39. The molecule has 0 aliphatic heterocycles. The van der Waals surface area contributed by atoms with Crippen molar-refractivity contribution < 1.29 is 14.3 Å². The van der Waals surface area contributed by atoms with Crippen LogP contribution in [0.4, 0.5) is 0 Å². The molecule has 0 aliphatic carbocycles. The molecule has 3 N–H and O–H groups in total. The number of carbonyl (C=O) groups is 1. The number of nitrogen functional groups attached to an aromatic ring is 1. The van der Waals surface area contributed by atoms with E-state index in [0.717, 1.165) is 0 Å². The third kappa shape index (κ3) is 3.37. The molecule has 6 heteroatoms. The van der Waals surface area contributed by atoms with Gasteiger partial charge in [-0.1, -0.05) is 11.6 Å². The molecule has 1 aromatic carbocycles. The topological polar surface area (TPSA) is 73.6 Å². The SMILES string of the molecule is COCCOc1ccc(Cl)cc1C(=O)NN. The fourth-order valence-electron chi connectivity index (χ4n) is 1.12. The monoisotopic (exact) mass is 244 g/mol. The third-order valence-electron chi connectivity index (χ3n) is 1.86. The Balaban J connectivity index is 2.85. The molecular formula is C10H13ClN2O3. The summed E-state index contributed by atoms with van der Waals surface area (Å²) in [6.45, 7) is 0.787. The van der Waals surface area contributed by atoms with Gasteiger partial charge in [0.15, 0.2) is 0 Å². The first-order chi connectivity index (χ1) is 7.69. The van der Waals surface area contributed by atoms with Crippen molar-refractivity contribution >= 4 is 17.5 Å². The zero-order valence-electron chi connectivity index (χ0n) is 8.83. The van der Waals surface area contributed by atoms with Gasteiger partial charge in [-0.2, -0.15) is 0 Å². The molecule has 0 unspecified atom stereocenters. The Labute approximate surface area is 98.4 Å². The molecule has 0 saturated carbocycles. The van der Waals surface area contributed by atoms with Crippen molar-refractivity contribution in [3.05, 3.63) is 28.8 Å². The summed E-state index contributed by atoms with van der Waals surface area (Å²) in [6.07, 6.45) is 0. The minimum atomic E-state index is -0.449. The molecule has 0 saturated heterocycles. The summed E-state index contributed by atoms with van der Waals surface area (Å²) < 4.78 is 10.2. The Hall–Kier alpha value is -1.30. The second kappa shape index (κ2) is 6.32. The number of amides is 1. The van der Waals surface area contributed by atoms with Gasteiger partial charge in [-0.15, -0.1) is 0 Å². The lowest BCUT2D eigenvalue weighted by Crippen LogP contribution is -2.30. The maximum absolute atomic E-state index is 11.4. The average Bonchev–Trinajstić information content (AvgIpc) is 2.30. The number of halogens is 1. The first-order valence-corrected chi connectivity index (χ1v) is 4.99. The summed E-state index contributed by atoms with van der Waals surface area (Å²) in [4.78, 5) is 11.4. The first kappa shape index (κ1) is 12.8. The van der Waals surface area contributed by atoms with E-state index in [9.17, 15) is 4.79 Å². The lowest BCUT2D eigenvalue weighted by atomic mass is 10.2. The highest BCUT2D eigenvalue weighted by atomic mass is 35.5. The van der Waals surface area contributed by atoms with Gasteiger partial charge < -0.3 is 9.47 Å². The molecule has 0 radical (unpaired) electrons. The van der Waals surface area contributed by atoms with Gasteiger partial charge >= 0.3 is 0 Å². The van der Waals surface area contributed by atoms with Crippen molar-refractivity contribution in [3.63, 3.8) is 0 Å². The van der Waals surface area contributed by atoms with E-state index in [-0.39, 0.29) is 0 Å². The fourth-order valence-corrected chi connectivity index (χ4v) is 1.29. The first-order valence-electron chi connectivity index (χ1n) is 4.61. The van der Waals surface area contributed by atoms with Gasteiger partial charge in [0, 0.05) is 12.1 Å². The summed E-state index contributed by atoms with van der Waals surface area (Å²) >= 11 is 5.78. The van der Waals surface area contributed by atoms with Gasteiger partial charge in [-0.05, 0) is 18.2 Å². The molecule has 0 aliphatic rings. The minimum Gasteiger partial charge on any atom is -0.490 e. The lowest BCUT2D eigenvalue weighted by molar-refractivity contribution is 0.0946. The van der Waals surface area contributed by atoms with Gasteiger partial charge in [0.05, 0.1) is 12.2 Å². The molecule has 0 aromatic heterocycles. The molecule has 1 rings (SSSR count). The Morgan fingerprint density at radius 2 is 2.25 bits per heavy atom. The van der Waals surface area contributed by atoms with Crippen molar-refractivity contribution in [3.8, 4) is 5.75 Å². The number of nitrogens with two attached hydrogens (primary N) is 1. The van der Waals surface area contributed by atoms with E-state index in [1.165, 1.54) is 6.07 Å². The average molecular weight is 245 g/mol. The Morgan fingerprint density at radius 3 is 2.88 bits per heavy atom. The molecule has 88 valence electrons. The van der Waals surface area contributed by atoms with Crippen molar-refractivity contribution in [2.75, 3.05) is 20.3 Å². The summed E-state index contributed by atoms with van der Waals surface area (Å²) in [5.74, 6) is 5.03. The maximum Gasteiger partial charge on any atom is 0.268 e. The van der Waals surface area contributed by atoms with Crippen molar-refractivity contribution in [2.24, 2.45) is 5.84 Å². The standard InChI is InChI=1S/C10H13ClN2O3/c1-15-4-5-16-9-3-2-7(11)6-8(9)10(14)13-12/h2-3,6H,4-5,12H2,1H3,(H,13,14). The van der Waals surface area contributed by atoms with Crippen LogP contribution in [0.5, 0.6) is 5.75 Å². The van der Waals surface area contributed by atoms with Crippen LogP contribution in [0.15, 0.2) is 18.2 Å². The van der Waals surface area contributed by atoms with Crippen LogP contribution < -0.4 is 16.0 Å². The van der Waals surface area contributed by atoms with Gasteiger partial charge in [0.25, 0.3) is 5.91 Å². The van der Waals surface area contributed by atoms with Crippen LogP contribution in [0.1, 0.15) is 10.4 Å². The summed E-state index contributed by atoms with van der Waals surface area (Å²) in [5.41, 5.74) is 2.33. The number of hydrogen-bond acceptors (Lipinski definition) is 4. The molecule has 1 aromatic rings. The van der Waals surface area contributed by atoms with E-state index in [4.69, 9.17) is 26.9 Å². The summed E-state index contributed by atoms with van der Waals surface area (Å²) in [5, 5.41) is 0.442. The number of methoxy groups -OCH3 is 1. The lowest BCUT2D eigenvalue weighted by Gasteiger charge is -2.10. The zero-order valence-corrected chi connectivity index (χ0v) is 9.58. The van der Waals surface area contributed by atoms with E-state index in [0.29, 0.717) is 29.5 Å². The third-order valence-corrected chi connectivity index (χ3v) is 2.10. The van der Waals surface area contributed by atoms with Gasteiger partial charge in [-0.3, -0.25) is 10.2 Å². The molecular weight excluding hydrogens is 232 g/mol. The number of ether oxygens (including phenoxy) is 2. The largest absolute Gasteiger partial charge is 0.490 e. The molecule has 0 fully saturated rings. The second-order valence-electron chi connectivity index (χ2n) is 2.96. The number of hydrazine groups is 1. The molecule has 0 atom stereocenters. The summed E-state index contributed by atoms with van der Waals surface area (Å²) in [6, 6.07) is 4.74. The molecule has 5 nitrogen and oxygen atoms in total. The van der Waals surface area contributed by atoms with Crippen LogP contribution in [0.25, 0.3) is 0 Å². The van der Waals surface area contributed by atoms with Gasteiger partial charge in [0.2, 0.25) is 0 Å². The van der Waals surface area contributed by atoms with Crippen LogP contribution in [0, 0.1) is 0 Å². The van der Waals surface area contributed by atoms with Crippen LogP contribution >= 0.6 is 11.6 Å². The number of rotatable bonds is 5. The summed E-state index contributed by atoms with van der Waals surface area (Å²) in [7, 11) is 1.57. The number of carbonyl (C=O) groups excluding carboxylic acids is 1. The normalized spacial score (nSPS) is 9.94. The minimum absolute atomic E-state index is 0.297. The molecule has 0 spiro atoms. The molecule has 16 heavy (non-hydrogen) atoms. The number of benzene rings is 1. The predicted molar refractivity (Wildman–Crippen MR) is 60.5 cm³/mol. The zero-order chi connectivity index (χ0) is 12.0. The van der Waals surface area contributed by atoms with E-state index >= 15 is 0 Å². The molecule has 1 amide bonds. The number of hydrogen-bond donors (Lipinski definition) is 2. The van der Waals surface area contributed by atoms with Crippen LogP contribution in [-0.2, 0) is 4.74 Å². The molecule has 0 heterocycles. The highest BCUT2D eigenvalue weighted by molar-refractivity contribution is 6.31. The van der Waals surface area contributed by atoms with Crippen LogP contribution in [0.3, 0.4) is 0 Å². The smallest absolute Gasteiger partial charge is 0.268 e. The van der Waals surface area contributed by atoms with E-state index in [1.807, 2.05) is 5.43 Å². The van der Waals surface area contributed by atoms with Crippen LogP contribution in [-0.4, -0.2) is 26.2 Å². The van der Waals surface area contributed by atoms with E-state index in [1.54, 1.807) is 19.2 Å². The number of nitrogens with one attached hydrogen (secondary N) is 1. The van der Waals surface area contributed by atoms with Gasteiger partial charge in [0.1, 0.15) is 12.4 Å². The van der Waals surface area contributed by atoms with E-state index < -0.39 is 5.91 Å². The van der Waals surface area contributed by atoms with Crippen molar-refractivity contribution in [1.29, 1.82) is 0 Å². The van der Waals surface area contributed by atoms with Crippen molar-refractivity contribution in [2.45, 2.75) is 0 Å². The Bertz CT molecular complexity index is 371. The quantitative estimate of drug-likeness (QED) is 0.350. The van der Waals surface area contributed by atoms with Crippen molar-refractivity contribution in [1.82, 2.24) is 5.43 Å². The van der Waals surface area contributed by atoms with Crippen LogP contribution in [0.2, 0.25) is 5.02 Å². The molecule has 0 bridgehead atoms. The van der Waals surface area contributed by atoms with E-state index in [2.05, 4.69) is 0 Å². The predicted octanol–water partition coefficient (Wildman–Crippen LogP) is 0.969. The Morgan fingerprint density at radius 1 is 1.50 bits per heavy atom. The highest BCUT2D eigenvalue weighted by Gasteiger charge is 2.11. The fraction of sp³-hybridized carbons (Fsp3) is 0.300. The maximum atomic E-state index is 11.4. The Kier molecular flexibility index (Phi) is 5.04.